The van der Waals surface area contributed by atoms with Gasteiger partial charge >= 0.3 is 0 Å². The van der Waals surface area contributed by atoms with Gasteiger partial charge in [-0.2, -0.15) is 4.31 Å². The highest BCUT2D eigenvalue weighted by Crippen LogP contribution is 2.43. The number of halogens is 1. The van der Waals surface area contributed by atoms with Crippen molar-refractivity contribution in [1.29, 1.82) is 0 Å². The van der Waals surface area contributed by atoms with Crippen LogP contribution < -0.4 is 15.0 Å². The smallest absolute Gasteiger partial charge is 0.232 e. The summed E-state index contributed by atoms with van der Waals surface area (Å²) in [6.07, 6.45) is 0. The van der Waals surface area contributed by atoms with Crippen molar-refractivity contribution in [2.24, 2.45) is 0 Å². The second-order valence-electron chi connectivity index (χ2n) is 8.56. The summed E-state index contributed by atoms with van der Waals surface area (Å²) in [5.41, 5.74) is 1.97. The van der Waals surface area contributed by atoms with E-state index in [0.717, 1.165) is 11.1 Å². The zero-order valence-electron chi connectivity index (χ0n) is 19.1. The molecule has 1 N–H and O–H groups in total. The average molecular weight is 496 g/mol. The lowest BCUT2D eigenvalue weighted by atomic mass is 9.87. The fourth-order valence-electron chi connectivity index (χ4n) is 4.64. The summed E-state index contributed by atoms with van der Waals surface area (Å²) in [4.78, 5) is 15.1. The molecule has 0 aliphatic carbocycles. The first kappa shape index (κ1) is 23.3. The minimum Gasteiger partial charge on any atom is -0.457 e. The Bertz CT molecular complexity index is 1290. The summed E-state index contributed by atoms with van der Waals surface area (Å²) in [6.45, 7) is 1.34. The summed E-state index contributed by atoms with van der Waals surface area (Å²) in [7, 11) is -3.57. The average Bonchev–Trinajstić information content (AvgIpc) is 2.87. The number of nitrogens with one attached hydrogen (secondary N) is 1. The molecule has 0 spiro atoms. The number of carbonyl (C=O) groups excluding carboxylic acids is 1. The Morgan fingerprint density at radius 2 is 1.46 bits per heavy atom. The standard InChI is InChI=1S/C26H26FN3O4S/c27-21-9-3-4-10-22(21)29-14-16-30(17-15-29)35(32,33)18-13-28-26(31)25-19-7-1-5-11-23(19)34-24-12-6-2-8-20(24)25/h1-12,25H,13-18H2,(H,28,31). The Hall–Kier alpha value is -3.43. The van der Waals surface area contributed by atoms with Gasteiger partial charge < -0.3 is 15.0 Å². The quantitative estimate of drug-likeness (QED) is 0.568. The monoisotopic (exact) mass is 495 g/mol. The molecule has 0 saturated carbocycles. The van der Waals surface area contributed by atoms with E-state index in [2.05, 4.69) is 5.32 Å². The van der Waals surface area contributed by atoms with Gasteiger partial charge in [-0.05, 0) is 24.3 Å². The maximum absolute atomic E-state index is 14.1. The maximum Gasteiger partial charge on any atom is 0.232 e. The van der Waals surface area contributed by atoms with Crippen LogP contribution in [0.25, 0.3) is 0 Å². The van der Waals surface area contributed by atoms with Crippen LogP contribution in [0, 0.1) is 5.82 Å². The van der Waals surface area contributed by atoms with Crippen molar-refractivity contribution >= 4 is 21.6 Å². The summed E-state index contributed by atoms with van der Waals surface area (Å²) in [5.74, 6) is -0.137. The predicted molar refractivity (Wildman–Crippen MR) is 132 cm³/mol. The Kier molecular flexibility index (Phi) is 6.44. The molecule has 1 amide bonds. The molecule has 3 aromatic carbocycles. The van der Waals surface area contributed by atoms with Crippen molar-refractivity contribution in [3.63, 3.8) is 0 Å². The fraction of sp³-hybridized carbons (Fsp3) is 0.269. The molecule has 3 aromatic rings. The molecule has 1 saturated heterocycles. The van der Waals surface area contributed by atoms with E-state index in [1.807, 2.05) is 53.4 Å². The lowest BCUT2D eigenvalue weighted by molar-refractivity contribution is -0.121. The van der Waals surface area contributed by atoms with Crippen molar-refractivity contribution in [3.8, 4) is 11.5 Å². The Labute approximate surface area is 204 Å². The fourth-order valence-corrected chi connectivity index (χ4v) is 5.98. The molecule has 182 valence electrons. The van der Waals surface area contributed by atoms with E-state index in [0.29, 0.717) is 30.3 Å². The molecule has 5 rings (SSSR count). The number of carbonyl (C=O) groups is 1. The first-order valence-electron chi connectivity index (χ1n) is 11.5. The van der Waals surface area contributed by atoms with E-state index in [4.69, 9.17) is 4.74 Å². The van der Waals surface area contributed by atoms with Gasteiger partial charge in [0.05, 0.1) is 17.4 Å². The molecule has 35 heavy (non-hydrogen) atoms. The van der Waals surface area contributed by atoms with Gasteiger partial charge in [0.2, 0.25) is 15.9 Å². The summed E-state index contributed by atoms with van der Waals surface area (Å²) in [5, 5.41) is 2.81. The SMILES string of the molecule is O=C(NCCS(=O)(=O)N1CCN(c2ccccc2F)CC1)C1c2ccccc2Oc2ccccc21. The molecule has 9 heteroatoms. The number of hydrogen-bond acceptors (Lipinski definition) is 5. The van der Waals surface area contributed by atoms with Crippen molar-refractivity contribution in [2.75, 3.05) is 43.4 Å². The third-order valence-corrected chi connectivity index (χ3v) is 8.30. The number of amides is 1. The van der Waals surface area contributed by atoms with Crippen LogP contribution in [-0.2, 0) is 14.8 Å². The van der Waals surface area contributed by atoms with Crippen LogP contribution in [0.2, 0.25) is 0 Å². The maximum atomic E-state index is 14.1. The van der Waals surface area contributed by atoms with Gasteiger partial charge in [0, 0.05) is 43.9 Å². The highest BCUT2D eigenvalue weighted by Gasteiger charge is 2.33. The first-order valence-corrected chi connectivity index (χ1v) is 13.2. The molecule has 0 bridgehead atoms. The van der Waals surface area contributed by atoms with Crippen LogP contribution in [0.3, 0.4) is 0 Å². The van der Waals surface area contributed by atoms with Crippen LogP contribution >= 0.6 is 0 Å². The summed E-state index contributed by atoms with van der Waals surface area (Å²) < 4.78 is 47.2. The molecule has 0 aromatic heterocycles. The minimum absolute atomic E-state index is 0.00359. The predicted octanol–water partition coefficient (Wildman–Crippen LogP) is 3.33. The molecule has 1 fully saturated rings. The topological polar surface area (TPSA) is 79.0 Å². The molecule has 2 heterocycles. The minimum atomic E-state index is -3.57. The lowest BCUT2D eigenvalue weighted by Crippen LogP contribution is -2.50. The highest BCUT2D eigenvalue weighted by atomic mass is 32.2. The van der Waals surface area contributed by atoms with E-state index in [1.165, 1.54) is 10.4 Å². The second kappa shape index (κ2) is 9.67. The highest BCUT2D eigenvalue weighted by molar-refractivity contribution is 7.89. The van der Waals surface area contributed by atoms with Crippen LogP contribution in [0.1, 0.15) is 17.0 Å². The summed E-state index contributed by atoms with van der Waals surface area (Å²) >= 11 is 0. The van der Waals surface area contributed by atoms with E-state index in [-0.39, 0.29) is 37.1 Å². The number of benzene rings is 3. The third-order valence-electron chi connectivity index (χ3n) is 6.43. The number of piperazine rings is 1. The molecule has 7 nitrogen and oxygen atoms in total. The number of nitrogens with zero attached hydrogens (tertiary/aromatic N) is 2. The van der Waals surface area contributed by atoms with Crippen LogP contribution in [0.15, 0.2) is 72.8 Å². The van der Waals surface area contributed by atoms with Crippen molar-refractivity contribution in [1.82, 2.24) is 9.62 Å². The number of rotatable bonds is 6. The van der Waals surface area contributed by atoms with Crippen LogP contribution in [-0.4, -0.2) is 57.1 Å². The number of fused-ring (bicyclic) bond motifs is 2. The van der Waals surface area contributed by atoms with Gasteiger partial charge in [-0.3, -0.25) is 4.79 Å². The Morgan fingerprint density at radius 3 is 2.09 bits per heavy atom. The molecule has 0 unspecified atom stereocenters. The van der Waals surface area contributed by atoms with Crippen molar-refractivity contribution in [3.05, 3.63) is 89.7 Å². The van der Waals surface area contributed by atoms with Gasteiger partial charge in [0.25, 0.3) is 0 Å². The first-order chi connectivity index (χ1) is 16.9. The molecular formula is C26H26FN3O4S. The van der Waals surface area contributed by atoms with Gasteiger partial charge in [0.1, 0.15) is 17.3 Å². The number of anilines is 1. The van der Waals surface area contributed by atoms with Crippen molar-refractivity contribution in [2.45, 2.75) is 5.92 Å². The normalized spacial score (nSPS) is 16.2. The largest absolute Gasteiger partial charge is 0.457 e. The summed E-state index contributed by atoms with van der Waals surface area (Å²) in [6, 6.07) is 21.2. The van der Waals surface area contributed by atoms with Crippen LogP contribution in [0.5, 0.6) is 11.5 Å². The zero-order chi connectivity index (χ0) is 24.4. The van der Waals surface area contributed by atoms with E-state index in [9.17, 15) is 17.6 Å². The molecule has 2 aliphatic heterocycles. The zero-order valence-corrected chi connectivity index (χ0v) is 19.9. The van der Waals surface area contributed by atoms with Gasteiger partial charge in [-0.1, -0.05) is 48.5 Å². The molecule has 2 aliphatic rings. The van der Waals surface area contributed by atoms with E-state index < -0.39 is 15.9 Å². The number of para-hydroxylation sites is 3. The number of hydrogen-bond donors (Lipinski definition) is 1. The lowest BCUT2D eigenvalue weighted by Gasteiger charge is -2.35. The van der Waals surface area contributed by atoms with Gasteiger partial charge in [0.15, 0.2) is 0 Å². The van der Waals surface area contributed by atoms with Gasteiger partial charge in [-0.15, -0.1) is 0 Å². The molecular weight excluding hydrogens is 469 g/mol. The third kappa shape index (κ3) is 4.74. The van der Waals surface area contributed by atoms with E-state index >= 15 is 0 Å². The van der Waals surface area contributed by atoms with Gasteiger partial charge in [-0.25, -0.2) is 12.8 Å². The Balaban J connectivity index is 1.21. The second-order valence-corrected chi connectivity index (χ2v) is 10.6. The molecule has 0 atom stereocenters. The number of sulfonamides is 1. The Morgan fingerprint density at radius 1 is 0.886 bits per heavy atom. The van der Waals surface area contributed by atoms with Crippen molar-refractivity contribution < 1.29 is 22.3 Å². The number of ether oxygens (including phenoxy) is 1. The molecule has 0 radical (unpaired) electrons. The van der Waals surface area contributed by atoms with E-state index in [1.54, 1.807) is 18.2 Å². The van der Waals surface area contributed by atoms with Crippen LogP contribution in [0.4, 0.5) is 10.1 Å².